The van der Waals surface area contributed by atoms with Gasteiger partial charge in [0.15, 0.2) is 0 Å². The van der Waals surface area contributed by atoms with Gasteiger partial charge in [-0.3, -0.25) is 9.88 Å². The fourth-order valence-corrected chi connectivity index (χ4v) is 5.03. The van der Waals surface area contributed by atoms with Crippen LogP contribution in [0.1, 0.15) is 13.3 Å². The smallest absolute Gasteiger partial charge is 0.208 e. The molecule has 0 radical (unpaired) electrons. The molecule has 3 aliphatic rings. The summed E-state index contributed by atoms with van der Waals surface area (Å²) in [5, 5.41) is 4.85. The first-order valence-electron chi connectivity index (χ1n) is 11.5. The molecule has 10 heteroatoms. The molecule has 0 N–H and O–H groups in total. The third-order valence-electron chi connectivity index (χ3n) is 6.58. The molecule has 9 nitrogen and oxygen atoms in total. The minimum atomic E-state index is 0.465. The summed E-state index contributed by atoms with van der Waals surface area (Å²) in [6.07, 6.45) is 11.8. The predicted octanol–water partition coefficient (Wildman–Crippen LogP) is 3.85. The molecule has 3 aromatic heterocycles. The van der Waals surface area contributed by atoms with E-state index >= 15 is 0 Å². The van der Waals surface area contributed by atoms with Crippen molar-refractivity contribution in [2.45, 2.75) is 25.4 Å². The average molecular weight is 494 g/mol. The van der Waals surface area contributed by atoms with Gasteiger partial charge in [-0.15, -0.1) is 0 Å². The van der Waals surface area contributed by atoms with Crippen molar-refractivity contribution in [2.75, 3.05) is 38.8 Å². The molecule has 35 heavy (non-hydrogen) atoms. The van der Waals surface area contributed by atoms with Gasteiger partial charge in [0.1, 0.15) is 11.6 Å². The van der Waals surface area contributed by atoms with Crippen molar-refractivity contribution in [3.05, 3.63) is 60.0 Å². The second-order valence-corrected chi connectivity index (χ2v) is 9.11. The van der Waals surface area contributed by atoms with E-state index in [0.717, 1.165) is 47.8 Å². The highest BCUT2D eigenvalue weighted by molar-refractivity contribution is 6.34. The van der Waals surface area contributed by atoms with E-state index in [1.807, 2.05) is 25.3 Å². The van der Waals surface area contributed by atoms with E-state index in [1.54, 1.807) is 43.5 Å². The maximum absolute atomic E-state index is 6.39. The van der Waals surface area contributed by atoms with Crippen LogP contribution < -0.4 is 9.64 Å². The summed E-state index contributed by atoms with van der Waals surface area (Å²) in [5.41, 5.74) is 3.29. The molecule has 0 spiro atoms. The van der Waals surface area contributed by atoms with E-state index in [2.05, 4.69) is 26.5 Å². The zero-order valence-electron chi connectivity index (χ0n) is 20.1. The van der Waals surface area contributed by atoms with Gasteiger partial charge in [-0.25, -0.2) is 14.5 Å². The number of rotatable bonds is 8. The Balaban J connectivity index is 1.27. The summed E-state index contributed by atoms with van der Waals surface area (Å²) in [4.78, 5) is 18.6. The largest absolute Gasteiger partial charge is 0.495 e. The quantitative estimate of drug-likeness (QED) is 0.348. The Hall–Kier alpha value is -3.43. The molecular formula is C25H28ClN7O2. The Bertz CT molecular complexity index is 1290. The zero-order valence-corrected chi connectivity index (χ0v) is 20.8. The summed E-state index contributed by atoms with van der Waals surface area (Å²) < 4.78 is 12.3. The summed E-state index contributed by atoms with van der Waals surface area (Å²) in [7, 11) is 3.24. The predicted molar refractivity (Wildman–Crippen MR) is 137 cm³/mol. The third kappa shape index (κ3) is 4.49. The van der Waals surface area contributed by atoms with Crippen molar-refractivity contribution in [2.24, 2.45) is 4.99 Å². The van der Waals surface area contributed by atoms with Crippen molar-refractivity contribution < 1.29 is 9.47 Å². The van der Waals surface area contributed by atoms with Gasteiger partial charge in [-0.2, -0.15) is 5.10 Å². The number of aliphatic imine (C=N–C) groups is 1. The fraction of sp³-hybridized carbons (Fsp3) is 0.360. The van der Waals surface area contributed by atoms with E-state index < -0.39 is 0 Å². The molecule has 3 saturated heterocycles. The Labute approximate surface area is 209 Å². The van der Waals surface area contributed by atoms with Gasteiger partial charge in [0.05, 0.1) is 55.2 Å². The lowest BCUT2D eigenvalue weighted by Gasteiger charge is -2.56. The van der Waals surface area contributed by atoms with Crippen molar-refractivity contribution in [1.82, 2.24) is 24.5 Å². The second-order valence-electron chi connectivity index (χ2n) is 8.71. The van der Waals surface area contributed by atoms with Crippen molar-refractivity contribution >= 4 is 29.2 Å². The van der Waals surface area contributed by atoms with E-state index in [9.17, 15) is 0 Å². The van der Waals surface area contributed by atoms with Gasteiger partial charge in [0, 0.05) is 43.5 Å². The van der Waals surface area contributed by atoms with Crippen LogP contribution in [0.2, 0.25) is 5.02 Å². The lowest BCUT2D eigenvalue weighted by molar-refractivity contribution is 0.00943. The summed E-state index contributed by atoms with van der Waals surface area (Å²) in [5.74, 6) is 2.14. The number of allylic oxidation sites excluding steroid dienone is 1. The van der Waals surface area contributed by atoms with E-state index in [0.29, 0.717) is 28.7 Å². The molecule has 6 rings (SSSR count). The third-order valence-corrected chi connectivity index (χ3v) is 6.85. The van der Waals surface area contributed by atoms with Gasteiger partial charge >= 0.3 is 0 Å². The van der Waals surface area contributed by atoms with Crippen LogP contribution in [0, 0.1) is 0 Å². The number of pyridine rings is 1. The summed E-state index contributed by atoms with van der Waals surface area (Å²) >= 11 is 6.39. The number of piperazine rings is 1. The minimum absolute atomic E-state index is 0.465. The highest BCUT2D eigenvalue weighted by Gasteiger charge is 2.44. The van der Waals surface area contributed by atoms with Gasteiger partial charge in [-0.05, 0) is 31.1 Å². The minimum Gasteiger partial charge on any atom is -0.495 e. The van der Waals surface area contributed by atoms with Crippen LogP contribution >= 0.6 is 11.6 Å². The molecule has 2 atom stereocenters. The molecule has 3 aliphatic heterocycles. The highest BCUT2D eigenvalue weighted by atomic mass is 35.5. The Morgan fingerprint density at radius 2 is 2.03 bits per heavy atom. The van der Waals surface area contributed by atoms with Crippen molar-refractivity contribution in [3.63, 3.8) is 0 Å². The Morgan fingerprint density at radius 3 is 2.69 bits per heavy atom. The molecule has 2 unspecified atom stereocenters. The number of fused-ring (bicyclic) bond motifs is 3. The zero-order chi connectivity index (χ0) is 24.5. The van der Waals surface area contributed by atoms with Gasteiger partial charge < -0.3 is 14.4 Å². The SMILES string of the molecule is C=C(/C=N\C(=C/C)OC)CN1C2CC1CN(c1cnc(-c3cc(OC)cn4ncc(Cl)c34)cn1)C2. The second kappa shape index (κ2) is 9.67. The van der Waals surface area contributed by atoms with Gasteiger partial charge in [0.25, 0.3) is 0 Å². The number of aromatic nitrogens is 4. The number of hydrogen-bond acceptors (Lipinski definition) is 8. The number of piperidine rings is 1. The molecule has 6 heterocycles. The molecule has 0 saturated carbocycles. The van der Waals surface area contributed by atoms with Crippen LogP contribution in [0.3, 0.4) is 0 Å². The molecule has 182 valence electrons. The van der Waals surface area contributed by atoms with Crippen LogP contribution in [0.4, 0.5) is 5.82 Å². The maximum Gasteiger partial charge on any atom is 0.208 e. The van der Waals surface area contributed by atoms with E-state index in [-0.39, 0.29) is 0 Å². The van der Waals surface area contributed by atoms with Gasteiger partial charge in [0.2, 0.25) is 5.88 Å². The van der Waals surface area contributed by atoms with Crippen molar-refractivity contribution in [1.29, 1.82) is 0 Å². The first-order chi connectivity index (χ1) is 17.0. The monoisotopic (exact) mass is 493 g/mol. The van der Waals surface area contributed by atoms with E-state index in [4.69, 9.17) is 31.0 Å². The number of nitrogens with zero attached hydrogens (tertiary/aromatic N) is 7. The number of hydrogen-bond donors (Lipinski definition) is 0. The van der Waals surface area contributed by atoms with E-state index in [1.165, 1.54) is 6.42 Å². The van der Waals surface area contributed by atoms with Gasteiger partial charge in [-0.1, -0.05) is 18.2 Å². The van der Waals surface area contributed by atoms with Crippen LogP contribution in [-0.2, 0) is 4.74 Å². The Kier molecular flexibility index (Phi) is 6.44. The highest BCUT2D eigenvalue weighted by Crippen LogP contribution is 2.35. The normalized spacial score (nSPS) is 20.3. The van der Waals surface area contributed by atoms with Crippen molar-refractivity contribution in [3.8, 4) is 17.0 Å². The van der Waals surface area contributed by atoms with Crippen LogP contribution in [0.15, 0.2) is 60.0 Å². The number of halogens is 1. The molecule has 3 fully saturated rings. The van der Waals surface area contributed by atoms with Crippen LogP contribution in [-0.4, -0.2) is 76.6 Å². The maximum atomic E-state index is 6.39. The molecule has 2 bridgehead atoms. The molecule has 0 amide bonds. The van der Waals surface area contributed by atoms with Crippen LogP contribution in [0.5, 0.6) is 5.75 Å². The molecule has 0 aromatic carbocycles. The first kappa shape index (κ1) is 23.3. The number of methoxy groups -OCH3 is 2. The molecular weight excluding hydrogens is 466 g/mol. The first-order valence-corrected chi connectivity index (χ1v) is 11.8. The topological polar surface area (TPSA) is 80.4 Å². The van der Waals surface area contributed by atoms with Crippen LogP contribution in [0.25, 0.3) is 16.8 Å². The summed E-state index contributed by atoms with van der Waals surface area (Å²) in [6, 6.07) is 2.84. The lowest BCUT2D eigenvalue weighted by atomic mass is 9.87. The molecule has 3 aromatic rings. The number of anilines is 1. The Morgan fingerprint density at radius 1 is 1.23 bits per heavy atom. The molecule has 0 aliphatic carbocycles. The lowest BCUT2D eigenvalue weighted by Crippen LogP contribution is -2.69. The average Bonchev–Trinajstić information content (AvgIpc) is 3.28. The number of ether oxygens (including phenoxy) is 2. The standard InChI is InChI=1S/C25H28ClN7O2/c1-5-24(35-4)29-8-16(2)12-32-17-6-18(32)14-31(13-17)23-11-27-22(10-28-23)20-7-19(34-3)15-33-25(20)21(26)9-30-33/h5,7-11,15,17-18H,2,6,12-14H2,1,3-4H3/b24-5+,29-8-. The summed E-state index contributed by atoms with van der Waals surface area (Å²) in [6.45, 7) is 8.67. The fourth-order valence-electron chi connectivity index (χ4n) is 4.80.